The van der Waals surface area contributed by atoms with Gasteiger partial charge < -0.3 is 4.98 Å². The van der Waals surface area contributed by atoms with Gasteiger partial charge in [-0.2, -0.15) is 0 Å². The summed E-state index contributed by atoms with van der Waals surface area (Å²) >= 11 is 0. The predicted molar refractivity (Wildman–Crippen MR) is 46.9 cm³/mol. The maximum atomic E-state index is 3.33. The first-order valence-electron chi connectivity index (χ1n) is 4.45. The van der Waals surface area contributed by atoms with Gasteiger partial charge in [0.1, 0.15) is 0 Å². The second-order valence-corrected chi connectivity index (χ2v) is 3.82. The Morgan fingerprint density at radius 1 is 1.45 bits per heavy atom. The van der Waals surface area contributed by atoms with Crippen LogP contribution in [-0.4, -0.2) is 4.98 Å². The van der Waals surface area contributed by atoms with Crippen molar-refractivity contribution in [1.82, 2.24) is 4.98 Å². The lowest BCUT2D eigenvalue weighted by atomic mass is 10.1. The zero-order chi connectivity index (χ0) is 7.84. The van der Waals surface area contributed by atoms with Gasteiger partial charge in [-0.1, -0.05) is 13.8 Å². The van der Waals surface area contributed by atoms with E-state index in [0.29, 0.717) is 5.92 Å². The summed E-state index contributed by atoms with van der Waals surface area (Å²) in [6.45, 7) is 4.45. The number of aromatic nitrogens is 1. The summed E-state index contributed by atoms with van der Waals surface area (Å²) in [7, 11) is 0. The number of rotatable bonds is 2. The van der Waals surface area contributed by atoms with Gasteiger partial charge in [0, 0.05) is 11.9 Å². The molecule has 1 aromatic heterocycles. The fourth-order valence-electron chi connectivity index (χ4n) is 1.42. The molecule has 1 saturated carbocycles. The number of hydrogen-bond acceptors (Lipinski definition) is 0. The molecule has 1 aliphatic rings. The molecule has 1 N–H and O–H groups in total. The van der Waals surface area contributed by atoms with E-state index in [-0.39, 0.29) is 0 Å². The van der Waals surface area contributed by atoms with Crippen molar-refractivity contribution in [3.63, 3.8) is 0 Å². The van der Waals surface area contributed by atoms with Crippen molar-refractivity contribution in [2.45, 2.75) is 38.5 Å². The Kier molecular flexibility index (Phi) is 1.52. The Morgan fingerprint density at radius 2 is 2.18 bits per heavy atom. The Morgan fingerprint density at radius 3 is 2.64 bits per heavy atom. The van der Waals surface area contributed by atoms with Gasteiger partial charge in [0.05, 0.1) is 0 Å². The fraction of sp³-hybridized carbons (Fsp3) is 0.600. The molecule has 0 spiro atoms. The van der Waals surface area contributed by atoms with E-state index in [9.17, 15) is 0 Å². The SMILES string of the molecule is CC(C)c1cc(C2CC2)c[nH]1. The third kappa shape index (κ3) is 1.32. The molecule has 60 valence electrons. The number of hydrogen-bond donors (Lipinski definition) is 1. The third-order valence-corrected chi connectivity index (χ3v) is 2.40. The molecule has 0 saturated heterocycles. The van der Waals surface area contributed by atoms with Crippen molar-refractivity contribution in [2.75, 3.05) is 0 Å². The molecule has 0 aromatic carbocycles. The van der Waals surface area contributed by atoms with Crippen LogP contribution < -0.4 is 0 Å². The van der Waals surface area contributed by atoms with Crippen molar-refractivity contribution in [1.29, 1.82) is 0 Å². The van der Waals surface area contributed by atoms with Crippen LogP contribution >= 0.6 is 0 Å². The molecule has 1 heteroatoms. The Hall–Kier alpha value is -0.720. The minimum Gasteiger partial charge on any atom is -0.364 e. The second kappa shape index (κ2) is 2.40. The summed E-state index contributed by atoms with van der Waals surface area (Å²) in [6.07, 6.45) is 4.97. The summed E-state index contributed by atoms with van der Waals surface area (Å²) in [4.78, 5) is 3.33. The van der Waals surface area contributed by atoms with E-state index >= 15 is 0 Å². The Balaban J connectivity index is 2.18. The van der Waals surface area contributed by atoms with Gasteiger partial charge in [-0.25, -0.2) is 0 Å². The van der Waals surface area contributed by atoms with Gasteiger partial charge in [-0.15, -0.1) is 0 Å². The molecular formula is C10H15N. The van der Waals surface area contributed by atoms with Crippen LogP contribution in [0.2, 0.25) is 0 Å². The minimum atomic E-state index is 0.641. The average molecular weight is 149 g/mol. The normalized spacial score (nSPS) is 17.7. The van der Waals surface area contributed by atoms with Gasteiger partial charge in [-0.3, -0.25) is 0 Å². The van der Waals surface area contributed by atoms with Crippen LogP contribution in [0, 0.1) is 0 Å². The highest BCUT2D eigenvalue weighted by Gasteiger charge is 2.24. The standard InChI is InChI=1S/C10H15N/c1-7(2)10-5-9(6-11-10)8-3-4-8/h5-8,11H,3-4H2,1-2H3. The van der Waals surface area contributed by atoms with Gasteiger partial charge in [0.2, 0.25) is 0 Å². The highest BCUT2D eigenvalue weighted by molar-refractivity contribution is 5.25. The second-order valence-electron chi connectivity index (χ2n) is 3.82. The number of nitrogens with one attached hydrogen (secondary N) is 1. The average Bonchev–Trinajstić information content (AvgIpc) is 2.68. The van der Waals surface area contributed by atoms with Crippen LogP contribution in [0.5, 0.6) is 0 Å². The predicted octanol–water partition coefficient (Wildman–Crippen LogP) is 3.02. The molecule has 0 amide bonds. The molecule has 1 nitrogen and oxygen atoms in total. The first-order chi connectivity index (χ1) is 5.27. The van der Waals surface area contributed by atoms with E-state index in [1.165, 1.54) is 24.1 Å². The van der Waals surface area contributed by atoms with Gasteiger partial charge in [-0.05, 0) is 36.3 Å². The first-order valence-corrected chi connectivity index (χ1v) is 4.45. The molecule has 1 heterocycles. The Labute approximate surface area is 67.8 Å². The van der Waals surface area contributed by atoms with E-state index in [0.717, 1.165) is 5.92 Å². The molecule has 0 unspecified atom stereocenters. The highest BCUT2D eigenvalue weighted by Crippen LogP contribution is 2.40. The molecule has 1 aliphatic carbocycles. The summed E-state index contributed by atoms with van der Waals surface area (Å²) < 4.78 is 0. The highest BCUT2D eigenvalue weighted by atomic mass is 14.7. The van der Waals surface area contributed by atoms with E-state index in [4.69, 9.17) is 0 Å². The van der Waals surface area contributed by atoms with Crippen molar-refractivity contribution in [2.24, 2.45) is 0 Å². The quantitative estimate of drug-likeness (QED) is 0.665. The number of H-pyrrole nitrogens is 1. The summed E-state index contributed by atoms with van der Waals surface area (Å²) in [5.74, 6) is 1.53. The van der Waals surface area contributed by atoms with Crippen LogP contribution in [0.1, 0.15) is 49.8 Å². The van der Waals surface area contributed by atoms with Gasteiger partial charge in [0.25, 0.3) is 0 Å². The zero-order valence-corrected chi connectivity index (χ0v) is 7.22. The van der Waals surface area contributed by atoms with Crippen LogP contribution in [0.3, 0.4) is 0 Å². The molecule has 0 radical (unpaired) electrons. The first kappa shape index (κ1) is 6.96. The van der Waals surface area contributed by atoms with Crippen LogP contribution in [0.25, 0.3) is 0 Å². The monoisotopic (exact) mass is 149 g/mol. The molecule has 0 aliphatic heterocycles. The van der Waals surface area contributed by atoms with E-state index in [2.05, 4.69) is 31.1 Å². The van der Waals surface area contributed by atoms with Crippen LogP contribution in [0.15, 0.2) is 12.3 Å². The van der Waals surface area contributed by atoms with Crippen molar-refractivity contribution in [3.05, 3.63) is 23.5 Å². The largest absolute Gasteiger partial charge is 0.364 e. The van der Waals surface area contributed by atoms with E-state index < -0.39 is 0 Å². The van der Waals surface area contributed by atoms with Crippen molar-refractivity contribution < 1.29 is 0 Å². The number of aromatic amines is 1. The lowest BCUT2D eigenvalue weighted by Crippen LogP contribution is -1.84. The van der Waals surface area contributed by atoms with E-state index in [1.54, 1.807) is 0 Å². The molecule has 2 rings (SSSR count). The fourth-order valence-corrected chi connectivity index (χ4v) is 1.42. The van der Waals surface area contributed by atoms with E-state index in [1.807, 2.05) is 0 Å². The zero-order valence-electron chi connectivity index (χ0n) is 7.22. The van der Waals surface area contributed by atoms with Gasteiger partial charge in [0.15, 0.2) is 0 Å². The Bertz CT molecular complexity index is 227. The molecule has 0 bridgehead atoms. The summed E-state index contributed by atoms with van der Waals surface area (Å²) in [6, 6.07) is 2.32. The molecule has 11 heavy (non-hydrogen) atoms. The third-order valence-electron chi connectivity index (χ3n) is 2.40. The summed E-state index contributed by atoms with van der Waals surface area (Å²) in [5.41, 5.74) is 2.90. The van der Waals surface area contributed by atoms with Gasteiger partial charge >= 0.3 is 0 Å². The molecule has 1 aromatic rings. The lowest BCUT2D eigenvalue weighted by Gasteiger charge is -1.97. The summed E-state index contributed by atoms with van der Waals surface area (Å²) in [5, 5.41) is 0. The molecule has 1 fully saturated rings. The lowest BCUT2D eigenvalue weighted by molar-refractivity contribution is 0.832. The van der Waals surface area contributed by atoms with Crippen LogP contribution in [0.4, 0.5) is 0 Å². The maximum absolute atomic E-state index is 3.33. The van der Waals surface area contributed by atoms with Crippen molar-refractivity contribution in [3.8, 4) is 0 Å². The van der Waals surface area contributed by atoms with Crippen molar-refractivity contribution >= 4 is 0 Å². The maximum Gasteiger partial charge on any atom is 0.0176 e. The van der Waals surface area contributed by atoms with Crippen LogP contribution in [-0.2, 0) is 0 Å². The topological polar surface area (TPSA) is 15.8 Å². The smallest absolute Gasteiger partial charge is 0.0176 e. The molecule has 0 atom stereocenters. The minimum absolute atomic E-state index is 0.641. The molecular weight excluding hydrogens is 134 g/mol.